The lowest BCUT2D eigenvalue weighted by Gasteiger charge is -2.35. The molecule has 1 saturated heterocycles. The van der Waals surface area contributed by atoms with Crippen molar-refractivity contribution < 1.29 is 22.7 Å². The number of hydrogen-bond donors (Lipinski definition) is 0. The first-order valence-electron chi connectivity index (χ1n) is 6.69. The molecule has 1 aliphatic rings. The normalized spacial score (nSPS) is 19.3. The van der Waals surface area contributed by atoms with Crippen LogP contribution >= 0.6 is 0 Å². The highest BCUT2D eigenvalue weighted by Crippen LogP contribution is 2.31. The van der Waals surface area contributed by atoms with Gasteiger partial charge in [-0.25, -0.2) is 4.98 Å². The van der Waals surface area contributed by atoms with E-state index in [1.165, 1.54) is 7.11 Å². The van der Waals surface area contributed by atoms with Gasteiger partial charge >= 0.3 is 6.18 Å². The number of ether oxygens (including phenoxy) is 1. The lowest BCUT2D eigenvalue weighted by atomic mass is 10.0. The molecule has 22 heavy (non-hydrogen) atoms. The summed E-state index contributed by atoms with van der Waals surface area (Å²) >= 11 is 0. The second-order valence-electron chi connectivity index (χ2n) is 5.17. The SMILES string of the molecule is COc1cc(C(F)(F)F)nc(N(C)C2CCC(=O)N(C)C2)n1. The van der Waals surface area contributed by atoms with Crippen molar-refractivity contribution in [2.45, 2.75) is 25.1 Å². The van der Waals surface area contributed by atoms with Crippen molar-refractivity contribution >= 4 is 11.9 Å². The molecule has 0 aromatic carbocycles. The summed E-state index contributed by atoms with van der Waals surface area (Å²) in [7, 11) is 4.53. The van der Waals surface area contributed by atoms with Gasteiger partial charge in [0, 0.05) is 39.2 Å². The minimum Gasteiger partial charge on any atom is -0.481 e. The number of carbonyl (C=O) groups excluding carboxylic acids is 1. The molecule has 1 unspecified atom stereocenters. The predicted octanol–water partition coefficient (Wildman–Crippen LogP) is 1.56. The summed E-state index contributed by atoms with van der Waals surface area (Å²) in [6.07, 6.45) is -3.69. The summed E-state index contributed by atoms with van der Waals surface area (Å²) in [6.45, 7) is 0.414. The molecule has 1 amide bonds. The molecule has 0 bridgehead atoms. The third-order valence-corrected chi connectivity index (χ3v) is 3.66. The van der Waals surface area contributed by atoms with E-state index in [1.54, 1.807) is 23.9 Å². The fraction of sp³-hybridized carbons (Fsp3) is 0.615. The van der Waals surface area contributed by atoms with Crippen LogP contribution < -0.4 is 9.64 Å². The van der Waals surface area contributed by atoms with Crippen LogP contribution in [0.1, 0.15) is 18.5 Å². The monoisotopic (exact) mass is 318 g/mol. The van der Waals surface area contributed by atoms with Gasteiger partial charge in [-0.1, -0.05) is 0 Å². The van der Waals surface area contributed by atoms with Gasteiger partial charge in [0.2, 0.25) is 17.7 Å². The molecule has 9 heteroatoms. The average Bonchev–Trinajstić information content (AvgIpc) is 2.48. The van der Waals surface area contributed by atoms with Crippen LogP contribution in [-0.2, 0) is 11.0 Å². The number of alkyl halides is 3. The average molecular weight is 318 g/mol. The third-order valence-electron chi connectivity index (χ3n) is 3.66. The quantitative estimate of drug-likeness (QED) is 0.846. The summed E-state index contributed by atoms with van der Waals surface area (Å²) in [5.41, 5.74) is -1.05. The lowest BCUT2D eigenvalue weighted by molar-refractivity contribution is -0.141. The van der Waals surface area contributed by atoms with Crippen LogP contribution in [0, 0.1) is 0 Å². The Morgan fingerprint density at radius 3 is 2.64 bits per heavy atom. The number of likely N-dealkylation sites (N-methyl/N-ethyl adjacent to an activating group) is 2. The number of halogens is 3. The zero-order valence-corrected chi connectivity index (χ0v) is 12.5. The standard InChI is InChI=1S/C13H17F3N4O2/c1-19-7-8(4-5-11(19)21)20(2)12-17-9(13(14,15)16)6-10(18-12)22-3/h6,8H,4-5,7H2,1-3H3. The van der Waals surface area contributed by atoms with Gasteiger partial charge in [0.05, 0.1) is 7.11 Å². The molecule has 1 atom stereocenters. The first-order valence-corrected chi connectivity index (χ1v) is 6.69. The molecule has 1 aromatic heterocycles. The highest BCUT2D eigenvalue weighted by Gasteiger charge is 2.35. The fourth-order valence-electron chi connectivity index (χ4n) is 2.29. The number of nitrogens with zero attached hydrogens (tertiary/aromatic N) is 4. The van der Waals surface area contributed by atoms with Crippen LogP contribution in [0.15, 0.2) is 6.07 Å². The number of rotatable bonds is 3. The molecule has 6 nitrogen and oxygen atoms in total. The summed E-state index contributed by atoms with van der Waals surface area (Å²) < 4.78 is 43.5. The molecule has 0 saturated carbocycles. The molecular weight excluding hydrogens is 301 g/mol. The van der Waals surface area contributed by atoms with Gasteiger partial charge in [-0.3, -0.25) is 4.79 Å². The fourth-order valence-corrected chi connectivity index (χ4v) is 2.29. The van der Waals surface area contributed by atoms with Gasteiger partial charge in [0.25, 0.3) is 0 Å². The van der Waals surface area contributed by atoms with Gasteiger partial charge in [-0.05, 0) is 6.42 Å². The summed E-state index contributed by atoms with van der Waals surface area (Å²) in [6, 6.07) is 0.615. The highest BCUT2D eigenvalue weighted by molar-refractivity contribution is 5.77. The number of piperidine rings is 1. The van der Waals surface area contributed by atoms with Crippen LogP contribution in [0.3, 0.4) is 0 Å². The maximum atomic E-state index is 12.9. The second-order valence-corrected chi connectivity index (χ2v) is 5.17. The van der Waals surface area contributed by atoms with E-state index in [0.29, 0.717) is 19.4 Å². The van der Waals surface area contributed by atoms with E-state index < -0.39 is 11.9 Å². The van der Waals surface area contributed by atoms with E-state index in [-0.39, 0.29) is 23.8 Å². The van der Waals surface area contributed by atoms with E-state index in [1.807, 2.05) is 0 Å². The zero-order chi connectivity index (χ0) is 16.5. The first kappa shape index (κ1) is 16.3. The van der Waals surface area contributed by atoms with Crippen LogP contribution in [0.25, 0.3) is 0 Å². The Hall–Kier alpha value is -2.06. The maximum absolute atomic E-state index is 12.9. The first-order chi connectivity index (χ1) is 10.2. The number of amides is 1. The minimum absolute atomic E-state index is 0.0205. The smallest absolute Gasteiger partial charge is 0.433 e. The van der Waals surface area contributed by atoms with Crippen LogP contribution in [0.5, 0.6) is 5.88 Å². The molecule has 2 heterocycles. The van der Waals surface area contributed by atoms with E-state index in [9.17, 15) is 18.0 Å². The molecule has 2 rings (SSSR count). The van der Waals surface area contributed by atoms with E-state index in [2.05, 4.69) is 9.97 Å². The van der Waals surface area contributed by atoms with Crippen LogP contribution in [-0.4, -0.2) is 54.6 Å². The molecular formula is C13H17F3N4O2. The van der Waals surface area contributed by atoms with Gasteiger partial charge in [0.1, 0.15) is 0 Å². The topological polar surface area (TPSA) is 58.6 Å². The van der Waals surface area contributed by atoms with E-state index >= 15 is 0 Å². The lowest BCUT2D eigenvalue weighted by Crippen LogP contribution is -2.48. The molecule has 1 aromatic rings. The van der Waals surface area contributed by atoms with Gasteiger partial charge in [-0.2, -0.15) is 18.2 Å². The van der Waals surface area contributed by atoms with Gasteiger partial charge < -0.3 is 14.5 Å². The van der Waals surface area contributed by atoms with Gasteiger partial charge in [-0.15, -0.1) is 0 Å². The second kappa shape index (κ2) is 5.98. The Bertz CT molecular complexity index is 565. The number of likely N-dealkylation sites (tertiary alicyclic amines) is 1. The van der Waals surface area contributed by atoms with E-state index in [0.717, 1.165) is 6.07 Å². The molecule has 1 fully saturated rings. The zero-order valence-electron chi connectivity index (χ0n) is 12.5. The maximum Gasteiger partial charge on any atom is 0.433 e. The summed E-state index contributed by atoms with van der Waals surface area (Å²) in [4.78, 5) is 22.2. The Labute approximate surface area is 125 Å². The largest absolute Gasteiger partial charge is 0.481 e. The van der Waals surface area contributed by atoms with Crippen molar-refractivity contribution in [2.24, 2.45) is 0 Å². The number of hydrogen-bond acceptors (Lipinski definition) is 5. The Morgan fingerprint density at radius 2 is 2.09 bits per heavy atom. The van der Waals surface area contributed by atoms with Gasteiger partial charge in [0.15, 0.2) is 5.69 Å². The van der Waals surface area contributed by atoms with Crippen LogP contribution in [0.4, 0.5) is 19.1 Å². The summed E-state index contributed by atoms with van der Waals surface area (Å²) in [5, 5.41) is 0. The van der Waals surface area contributed by atoms with Crippen molar-refractivity contribution in [3.05, 3.63) is 11.8 Å². The van der Waals surface area contributed by atoms with Crippen molar-refractivity contribution in [3.8, 4) is 5.88 Å². The van der Waals surface area contributed by atoms with Crippen molar-refractivity contribution in [1.82, 2.24) is 14.9 Å². The number of methoxy groups -OCH3 is 1. The van der Waals surface area contributed by atoms with Crippen molar-refractivity contribution in [1.29, 1.82) is 0 Å². The number of aromatic nitrogens is 2. The molecule has 0 radical (unpaired) electrons. The molecule has 0 spiro atoms. The molecule has 122 valence electrons. The molecule has 1 aliphatic heterocycles. The van der Waals surface area contributed by atoms with E-state index in [4.69, 9.17) is 4.74 Å². The Kier molecular flexibility index (Phi) is 4.43. The van der Waals surface area contributed by atoms with Crippen LogP contribution in [0.2, 0.25) is 0 Å². The number of anilines is 1. The Morgan fingerprint density at radius 1 is 1.41 bits per heavy atom. The molecule has 0 N–H and O–H groups in total. The Balaban J connectivity index is 2.29. The van der Waals surface area contributed by atoms with Crippen molar-refractivity contribution in [3.63, 3.8) is 0 Å². The van der Waals surface area contributed by atoms with Crippen molar-refractivity contribution in [2.75, 3.05) is 32.6 Å². The number of carbonyl (C=O) groups is 1. The third kappa shape index (κ3) is 3.40. The molecule has 0 aliphatic carbocycles. The minimum atomic E-state index is -4.58. The predicted molar refractivity (Wildman–Crippen MR) is 72.6 cm³/mol. The summed E-state index contributed by atoms with van der Waals surface area (Å²) in [5.74, 6) is -0.198. The highest BCUT2D eigenvalue weighted by atomic mass is 19.4.